The van der Waals surface area contributed by atoms with Crippen molar-refractivity contribution in [2.45, 2.75) is 55.9 Å². The fraction of sp³-hybridized carbons (Fsp3) is 0.708. The molecule has 2 N–H and O–H groups in total. The quantitative estimate of drug-likeness (QED) is 0.750. The van der Waals surface area contributed by atoms with Crippen LogP contribution in [0.25, 0.3) is 0 Å². The molecule has 1 aromatic rings. The second kappa shape index (κ2) is 10.1. The van der Waals surface area contributed by atoms with E-state index < -0.39 is 0 Å². The van der Waals surface area contributed by atoms with Gasteiger partial charge in [-0.05, 0) is 31.2 Å². The molecule has 6 heteroatoms. The predicted octanol–water partition coefficient (Wildman–Crippen LogP) is 3.07. The molecule has 0 atom stereocenters. The molecule has 0 bridgehead atoms. The van der Waals surface area contributed by atoms with E-state index >= 15 is 0 Å². The number of amides is 2. The van der Waals surface area contributed by atoms with Gasteiger partial charge in [0.2, 0.25) is 0 Å². The Morgan fingerprint density at radius 1 is 0.833 bits per heavy atom. The van der Waals surface area contributed by atoms with Crippen LogP contribution in [0.15, 0.2) is 30.3 Å². The zero-order valence-corrected chi connectivity index (χ0v) is 18.2. The zero-order chi connectivity index (χ0) is 20.7. The number of urea groups is 1. The van der Waals surface area contributed by atoms with Gasteiger partial charge in [-0.25, -0.2) is 4.79 Å². The van der Waals surface area contributed by atoms with Crippen molar-refractivity contribution in [1.82, 2.24) is 15.5 Å². The first-order valence-corrected chi connectivity index (χ1v) is 11.7. The first-order valence-electron chi connectivity index (χ1n) is 11.7. The highest BCUT2D eigenvalue weighted by Gasteiger charge is 2.39. The lowest BCUT2D eigenvalue weighted by Gasteiger charge is -2.48. The maximum absolute atomic E-state index is 12.8. The number of benzene rings is 1. The SMILES string of the molecule is O=C(NCC1(c2ccccc2)CCOCC1)NCC1(N2CCOCC2)CCCCC1. The monoisotopic (exact) mass is 415 g/mol. The third-order valence-electron chi connectivity index (χ3n) is 7.47. The molecule has 3 fully saturated rings. The fourth-order valence-electron chi connectivity index (χ4n) is 5.53. The molecular weight excluding hydrogens is 378 g/mol. The molecule has 30 heavy (non-hydrogen) atoms. The van der Waals surface area contributed by atoms with Crippen LogP contribution in [0.2, 0.25) is 0 Å². The Labute approximate surface area is 180 Å². The maximum Gasteiger partial charge on any atom is 0.314 e. The zero-order valence-electron chi connectivity index (χ0n) is 18.2. The molecule has 0 unspecified atom stereocenters. The minimum atomic E-state index is -0.0463. The summed E-state index contributed by atoms with van der Waals surface area (Å²) < 4.78 is 11.2. The van der Waals surface area contributed by atoms with Gasteiger partial charge < -0.3 is 20.1 Å². The van der Waals surface area contributed by atoms with E-state index in [0.717, 1.165) is 58.9 Å². The number of nitrogens with zero attached hydrogens (tertiary/aromatic N) is 1. The van der Waals surface area contributed by atoms with Crippen molar-refractivity contribution in [2.24, 2.45) is 0 Å². The molecule has 2 heterocycles. The molecule has 2 aliphatic heterocycles. The Hall–Kier alpha value is -1.63. The van der Waals surface area contributed by atoms with Gasteiger partial charge in [0.1, 0.15) is 0 Å². The maximum atomic E-state index is 12.8. The van der Waals surface area contributed by atoms with Gasteiger partial charge in [-0.2, -0.15) is 0 Å². The van der Waals surface area contributed by atoms with Crippen molar-refractivity contribution >= 4 is 6.03 Å². The number of nitrogens with one attached hydrogen (secondary N) is 2. The lowest BCUT2D eigenvalue weighted by Crippen LogP contribution is -2.60. The van der Waals surface area contributed by atoms with E-state index in [1.54, 1.807) is 0 Å². The van der Waals surface area contributed by atoms with Crippen molar-refractivity contribution in [3.05, 3.63) is 35.9 Å². The summed E-state index contributed by atoms with van der Waals surface area (Å²) in [6.07, 6.45) is 8.01. The Balaban J connectivity index is 1.36. The van der Waals surface area contributed by atoms with E-state index in [1.165, 1.54) is 37.7 Å². The molecule has 4 rings (SSSR count). The molecular formula is C24H37N3O3. The Morgan fingerprint density at radius 2 is 1.47 bits per heavy atom. The van der Waals surface area contributed by atoms with Gasteiger partial charge in [0.05, 0.1) is 13.2 Å². The van der Waals surface area contributed by atoms with E-state index in [1.807, 2.05) is 6.07 Å². The molecule has 1 saturated carbocycles. The average molecular weight is 416 g/mol. The molecule has 0 radical (unpaired) electrons. The number of morpholine rings is 1. The Morgan fingerprint density at radius 3 is 2.17 bits per heavy atom. The number of hydrogen-bond acceptors (Lipinski definition) is 4. The van der Waals surface area contributed by atoms with Crippen LogP contribution in [0, 0.1) is 0 Å². The normalized spacial score (nSPS) is 24.1. The first-order chi connectivity index (χ1) is 14.7. The van der Waals surface area contributed by atoms with Crippen molar-refractivity contribution in [2.75, 3.05) is 52.6 Å². The Kier molecular flexibility index (Phi) is 7.28. The second-order valence-corrected chi connectivity index (χ2v) is 9.18. The highest BCUT2D eigenvalue weighted by Crippen LogP contribution is 2.35. The number of carbonyl (C=O) groups is 1. The van der Waals surface area contributed by atoms with E-state index in [9.17, 15) is 4.79 Å². The largest absolute Gasteiger partial charge is 0.381 e. The van der Waals surface area contributed by atoms with Crippen molar-refractivity contribution in [3.63, 3.8) is 0 Å². The van der Waals surface area contributed by atoms with E-state index in [-0.39, 0.29) is 17.0 Å². The number of ether oxygens (including phenoxy) is 2. The van der Waals surface area contributed by atoms with Crippen LogP contribution in [0.4, 0.5) is 4.79 Å². The summed E-state index contributed by atoms with van der Waals surface area (Å²) in [5.41, 5.74) is 1.35. The summed E-state index contributed by atoms with van der Waals surface area (Å²) in [6.45, 7) is 6.42. The molecule has 166 valence electrons. The molecule has 2 amide bonds. The summed E-state index contributed by atoms with van der Waals surface area (Å²) in [4.78, 5) is 15.4. The van der Waals surface area contributed by atoms with Gasteiger partial charge in [0, 0.05) is 50.3 Å². The average Bonchev–Trinajstić information content (AvgIpc) is 2.84. The van der Waals surface area contributed by atoms with Gasteiger partial charge in [-0.1, -0.05) is 49.6 Å². The van der Waals surface area contributed by atoms with Crippen LogP contribution in [0.1, 0.15) is 50.5 Å². The van der Waals surface area contributed by atoms with Gasteiger partial charge >= 0.3 is 6.03 Å². The summed E-state index contributed by atoms with van der Waals surface area (Å²) in [7, 11) is 0. The molecule has 6 nitrogen and oxygen atoms in total. The Bertz CT molecular complexity index is 664. The van der Waals surface area contributed by atoms with Crippen LogP contribution in [-0.2, 0) is 14.9 Å². The van der Waals surface area contributed by atoms with Crippen LogP contribution < -0.4 is 10.6 Å². The highest BCUT2D eigenvalue weighted by atomic mass is 16.5. The molecule has 0 spiro atoms. The third-order valence-corrected chi connectivity index (χ3v) is 7.47. The summed E-state index contributed by atoms with van der Waals surface area (Å²) in [6, 6.07) is 10.5. The van der Waals surface area contributed by atoms with Crippen LogP contribution in [0.5, 0.6) is 0 Å². The number of hydrogen-bond donors (Lipinski definition) is 2. The van der Waals surface area contributed by atoms with Crippen LogP contribution in [-0.4, -0.2) is 69.1 Å². The minimum absolute atomic E-state index is 0.0381. The molecule has 0 aromatic heterocycles. The lowest BCUT2D eigenvalue weighted by molar-refractivity contribution is -0.0357. The van der Waals surface area contributed by atoms with Crippen molar-refractivity contribution in [1.29, 1.82) is 0 Å². The van der Waals surface area contributed by atoms with Crippen molar-refractivity contribution < 1.29 is 14.3 Å². The second-order valence-electron chi connectivity index (χ2n) is 9.18. The highest BCUT2D eigenvalue weighted by molar-refractivity contribution is 5.74. The molecule has 1 aliphatic carbocycles. The predicted molar refractivity (Wildman–Crippen MR) is 118 cm³/mol. The fourth-order valence-corrected chi connectivity index (χ4v) is 5.53. The van der Waals surface area contributed by atoms with Crippen LogP contribution in [0.3, 0.4) is 0 Å². The van der Waals surface area contributed by atoms with Gasteiger partial charge in [0.15, 0.2) is 0 Å². The number of carbonyl (C=O) groups excluding carboxylic acids is 1. The lowest BCUT2D eigenvalue weighted by atomic mass is 9.74. The number of rotatable bonds is 6. The van der Waals surface area contributed by atoms with Gasteiger partial charge in [0.25, 0.3) is 0 Å². The summed E-state index contributed by atoms with van der Waals surface area (Å²) in [5.74, 6) is 0. The van der Waals surface area contributed by atoms with Gasteiger partial charge in [-0.3, -0.25) is 4.90 Å². The smallest absolute Gasteiger partial charge is 0.314 e. The molecule has 2 saturated heterocycles. The van der Waals surface area contributed by atoms with Crippen molar-refractivity contribution in [3.8, 4) is 0 Å². The van der Waals surface area contributed by atoms with E-state index in [2.05, 4.69) is 39.8 Å². The minimum Gasteiger partial charge on any atom is -0.381 e. The summed E-state index contributed by atoms with van der Waals surface area (Å²) in [5, 5.41) is 6.44. The molecule has 3 aliphatic rings. The summed E-state index contributed by atoms with van der Waals surface area (Å²) >= 11 is 0. The van der Waals surface area contributed by atoms with Crippen LogP contribution >= 0.6 is 0 Å². The van der Waals surface area contributed by atoms with Gasteiger partial charge in [-0.15, -0.1) is 0 Å². The topological polar surface area (TPSA) is 62.8 Å². The van der Waals surface area contributed by atoms with E-state index in [0.29, 0.717) is 6.54 Å². The third kappa shape index (κ3) is 4.98. The van der Waals surface area contributed by atoms with E-state index in [4.69, 9.17) is 9.47 Å². The first kappa shape index (κ1) is 21.6. The standard InChI is InChI=1S/C24H37N3O3/c28-22(25-19-23(11-15-29-16-12-23)21-7-3-1-4-8-21)26-20-24(9-5-2-6-10-24)27-13-17-30-18-14-27/h1,3-4,7-8H,2,5-6,9-20H2,(H2,25,26,28). The molecule has 1 aromatic carbocycles.